The molecule has 2 aromatic rings. The number of aromatic hydroxyl groups is 1. The van der Waals surface area contributed by atoms with Crippen molar-refractivity contribution in [3.63, 3.8) is 0 Å². The molecule has 0 radical (unpaired) electrons. The Labute approximate surface area is 210 Å². The summed E-state index contributed by atoms with van der Waals surface area (Å²) in [7, 11) is 1.80. The highest BCUT2D eigenvalue weighted by Crippen LogP contribution is 2.51. The third kappa shape index (κ3) is 5.31. The number of rotatable bonds is 8. The lowest BCUT2D eigenvalue weighted by Crippen LogP contribution is -2.62. The molecule has 35 heavy (non-hydrogen) atoms. The first kappa shape index (κ1) is 25.5. The maximum absolute atomic E-state index is 13.8. The van der Waals surface area contributed by atoms with Crippen molar-refractivity contribution in [3.8, 4) is 5.75 Å². The number of hydrogen-bond donors (Lipinski definition) is 1. The summed E-state index contributed by atoms with van der Waals surface area (Å²) >= 11 is 0. The third-order valence-electron chi connectivity index (χ3n) is 7.99. The van der Waals surface area contributed by atoms with Gasteiger partial charge < -0.3 is 14.7 Å². The maximum atomic E-state index is 13.8. The van der Waals surface area contributed by atoms with E-state index in [0.717, 1.165) is 50.0 Å². The number of ether oxygens (including phenoxy) is 1. The number of carbonyl (C=O) groups is 1. The molecule has 1 unspecified atom stereocenters. The monoisotopic (exact) mass is 476 g/mol. The number of fused-ring (bicyclic) bond motifs is 1. The van der Waals surface area contributed by atoms with Gasteiger partial charge in [-0.05, 0) is 61.6 Å². The van der Waals surface area contributed by atoms with Gasteiger partial charge in [0.1, 0.15) is 5.75 Å². The lowest BCUT2D eigenvalue weighted by Gasteiger charge is -2.57. The summed E-state index contributed by atoms with van der Waals surface area (Å²) in [5, 5.41) is 10.4. The van der Waals surface area contributed by atoms with Gasteiger partial charge in [-0.15, -0.1) is 6.58 Å². The Morgan fingerprint density at radius 2 is 2.03 bits per heavy atom. The van der Waals surface area contributed by atoms with Crippen molar-refractivity contribution < 1.29 is 14.6 Å². The summed E-state index contributed by atoms with van der Waals surface area (Å²) in [5.74, 6) is 1.01. The molecular formula is C30H40N2O3. The second kappa shape index (κ2) is 11.0. The summed E-state index contributed by atoms with van der Waals surface area (Å²) in [6, 6.07) is 17.4. The molecule has 2 aliphatic rings. The van der Waals surface area contributed by atoms with Gasteiger partial charge in [0.2, 0.25) is 0 Å². The molecule has 0 spiro atoms. The summed E-state index contributed by atoms with van der Waals surface area (Å²) in [6.45, 7) is 11.7. The van der Waals surface area contributed by atoms with Crippen molar-refractivity contribution in [1.82, 2.24) is 9.80 Å². The smallest absolute Gasteiger partial charge is 0.254 e. The van der Waals surface area contributed by atoms with E-state index in [2.05, 4.69) is 36.3 Å². The molecule has 4 rings (SSSR count). The first-order valence-corrected chi connectivity index (χ1v) is 12.9. The Morgan fingerprint density at radius 1 is 1.26 bits per heavy atom. The van der Waals surface area contributed by atoms with Gasteiger partial charge in [-0.2, -0.15) is 0 Å². The number of carbonyl (C=O) groups excluding carboxylic acids is 1. The maximum Gasteiger partial charge on any atom is 0.254 e. The molecule has 5 nitrogen and oxygen atoms in total. The van der Waals surface area contributed by atoms with Gasteiger partial charge in [-0.1, -0.05) is 50.3 Å². The van der Waals surface area contributed by atoms with E-state index < -0.39 is 0 Å². The molecule has 1 N–H and O–H groups in total. The van der Waals surface area contributed by atoms with Crippen molar-refractivity contribution in [2.45, 2.75) is 50.7 Å². The molecule has 188 valence electrons. The van der Waals surface area contributed by atoms with Crippen LogP contribution in [0.5, 0.6) is 5.75 Å². The van der Waals surface area contributed by atoms with Crippen molar-refractivity contribution in [3.05, 3.63) is 78.4 Å². The van der Waals surface area contributed by atoms with E-state index in [1.807, 2.05) is 48.5 Å². The van der Waals surface area contributed by atoms with E-state index in [1.54, 1.807) is 13.2 Å². The zero-order valence-electron chi connectivity index (χ0n) is 21.4. The number of likely N-dealkylation sites (tertiary alicyclic amines) is 1. The molecule has 0 aromatic heterocycles. The van der Waals surface area contributed by atoms with Crippen LogP contribution in [0.2, 0.25) is 0 Å². The van der Waals surface area contributed by atoms with Gasteiger partial charge in [-0.3, -0.25) is 9.69 Å². The van der Waals surface area contributed by atoms with E-state index >= 15 is 0 Å². The first-order chi connectivity index (χ1) is 16.9. The molecule has 1 amide bonds. The van der Waals surface area contributed by atoms with E-state index in [4.69, 9.17) is 4.74 Å². The van der Waals surface area contributed by atoms with Gasteiger partial charge in [0.05, 0.1) is 6.10 Å². The minimum Gasteiger partial charge on any atom is -0.508 e. The number of nitrogens with zero attached hydrogens (tertiary/aromatic N) is 2. The molecule has 2 fully saturated rings. The van der Waals surface area contributed by atoms with Gasteiger partial charge >= 0.3 is 0 Å². The topological polar surface area (TPSA) is 53.0 Å². The van der Waals surface area contributed by atoms with Gasteiger partial charge in [0.25, 0.3) is 5.91 Å². The highest BCUT2D eigenvalue weighted by molar-refractivity contribution is 5.94. The molecule has 1 saturated carbocycles. The Bertz CT molecular complexity index is 1010. The quantitative estimate of drug-likeness (QED) is 0.538. The van der Waals surface area contributed by atoms with E-state index in [-0.39, 0.29) is 29.4 Å². The Balaban J connectivity index is 1.75. The summed E-state index contributed by atoms with van der Waals surface area (Å²) in [5.41, 5.74) is 1.72. The van der Waals surface area contributed by atoms with Crippen molar-refractivity contribution in [1.29, 1.82) is 0 Å². The second-order valence-electron chi connectivity index (χ2n) is 10.7. The fraction of sp³-hybridized carbons (Fsp3) is 0.500. The Hall–Kier alpha value is -2.63. The van der Waals surface area contributed by atoms with E-state index in [9.17, 15) is 9.90 Å². The average molecular weight is 477 g/mol. The molecule has 2 aromatic carbocycles. The van der Waals surface area contributed by atoms with Crippen LogP contribution in [-0.4, -0.2) is 66.2 Å². The van der Waals surface area contributed by atoms with Crippen LogP contribution in [0, 0.1) is 11.8 Å². The molecule has 5 heteroatoms. The number of benzene rings is 2. The lowest BCUT2D eigenvalue weighted by atomic mass is 9.56. The fourth-order valence-electron chi connectivity index (χ4n) is 6.43. The van der Waals surface area contributed by atoms with Crippen LogP contribution < -0.4 is 0 Å². The average Bonchev–Trinajstić information content (AvgIpc) is 2.87. The molecule has 1 heterocycles. The highest BCUT2D eigenvalue weighted by Gasteiger charge is 2.53. The Kier molecular flexibility index (Phi) is 7.98. The fourth-order valence-corrected chi connectivity index (χ4v) is 6.43. The van der Waals surface area contributed by atoms with Crippen LogP contribution in [0.1, 0.15) is 49.0 Å². The number of methoxy groups -OCH3 is 1. The van der Waals surface area contributed by atoms with Crippen LogP contribution in [-0.2, 0) is 10.2 Å². The third-order valence-corrected chi connectivity index (χ3v) is 7.99. The molecular weight excluding hydrogens is 436 g/mol. The standard InChI is InChI=1S/C30H40N2O3/c1-5-15-31-16-14-30(24-12-9-13-26(33)17-24)19-25(18-28(35-4)27(30)21-31)32(20-22(2)3)29(34)23-10-7-6-8-11-23/h5-13,17,22,25,27-28,33H,1,14-16,18-21H2,2-4H3/t25-,27+,28?,30+/m1/s1. The van der Waals surface area contributed by atoms with Crippen LogP contribution in [0.25, 0.3) is 0 Å². The SMILES string of the molecule is C=CCN1CC[C@@]2(c3cccc(O)c3)C[C@H](N(CC(C)C)C(=O)c3ccccc3)CC(OC)[C@@H]2C1. The minimum atomic E-state index is -0.174. The summed E-state index contributed by atoms with van der Waals surface area (Å²) in [4.78, 5) is 18.3. The predicted molar refractivity (Wildman–Crippen MR) is 141 cm³/mol. The predicted octanol–water partition coefficient (Wildman–Crippen LogP) is 5.11. The van der Waals surface area contributed by atoms with Crippen LogP contribution >= 0.6 is 0 Å². The van der Waals surface area contributed by atoms with Gasteiger partial charge in [0.15, 0.2) is 0 Å². The van der Waals surface area contributed by atoms with Crippen molar-refractivity contribution in [2.24, 2.45) is 11.8 Å². The first-order valence-electron chi connectivity index (χ1n) is 12.9. The highest BCUT2D eigenvalue weighted by atomic mass is 16.5. The minimum absolute atomic E-state index is 0.0157. The van der Waals surface area contributed by atoms with Gasteiger partial charge in [-0.25, -0.2) is 0 Å². The molecule has 4 atom stereocenters. The molecule has 0 bridgehead atoms. The molecule has 1 saturated heterocycles. The molecule has 1 aliphatic carbocycles. The van der Waals surface area contributed by atoms with Crippen molar-refractivity contribution in [2.75, 3.05) is 33.3 Å². The number of piperidine rings is 1. The molecule has 1 aliphatic heterocycles. The Morgan fingerprint density at radius 3 is 2.69 bits per heavy atom. The van der Waals surface area contributed by atoms with Crippen LogP contribution in [0.3, 0.4) is 0 Å². The summed E-state index contributed by atoms with van der Waals surface area (Å²) < 4.78 is 6.18. The number of hydrogen-bond acceptors (Lipinski definition) is 4. The van der Waals surface area contributed by atoms with Crippen LogP contribution in [0.4, 0.5) is 0 Å². The van der Waals surface area contributed by atoms with Gasteiger partial charge in [0, 0.05) is 49.7 Å². The van der Waals surface area contributed by atoms with E-state index in [1.165, 1.54) is 0 Å². The van der Waals surface area contributed by atoms with E-state index in [0.29, 0.717) is 18.2 Å². The van der Waals surface area contributed by atoms with Crippen LogP contribution in [0.15, 0.2) is 67.3 Å². The summed E-state index contributed by atoms with van der Waals surface area (Å²) in [6.07, 6.45) is 4.63. The number of amides is 1. The lowest BCUT2D eigenvalue weighted by molar-refractivity contribution is -0.0804. The zero-order valence-corrected chi connectivity index (χ0v) is 21.4. The number of phenols is 1. The van der Waals surface area contributed by atoms with Crippen molar-refractivity contribution >= 4 is 5.91 Å². The number of phenolic OH excluding ortho intramolecular Hbond substituents is 1. The zero-order chi connectivity index (χ0) is 25.0. The second-order valence-corrected chi connectivity index (χ2v) is 10.7. The normalized spacial score (nSPS) is 26.8. The largest absolute Gasteiger partial charge is 0.508 e.